The second-order valence-electron chi connectivity index (χ2n) is 3.77. The van der Waals surface area contributed by atoms with Gasteiger partial charge in [-0.2, -0.15) is 0 Å². The molecule has 0 saturated heterocycles. The molecule has 0 saturated carbocycles. The zero-order chi connectivity index (χ0) is 11.4. The van der Waals surface area contributed by atoms with Gasteiger partial charge >= 0.3 is 0 Å². The highest BCUT2D eigenvalue weighted by Gasteiger charge is 2.04. The topological polar surface area (TPSA) is 43.1 Å². The standard InChI is InChI=1S/C13H13NO2/c1-10-3-2-4-11(7-10)8-13-14-12(5-6-15)9-16-13/h2-4,6-7,9H,5,8H2,1H3. The molecule has 3 nitrogen and oxygen atoms in total. The lowest BCUT2D eigenvalue weighted by Gasteiger charge is -1.98. The fourth-order valence-electron chi connectivity index (χ4n) is 1.61. The lowest BCUT2D eigenvalue weighted by atomic mass is 10.1. The van der Waals surface area contributed by atoms with Gasteiger partial charge in [0.05, 0.1) is 5.69 Å². The molecular weight excluding hydrogens is 202 g/mol. The predicted octanol–water partition coefficient (Wildman–Crippen LogP) is 2.32. The number of benzene rings is 1. The Labute approximate surface area is 94.1 Å². The number of rotatable bonds is 4. The van der Waals surface area contributed by atoms with E-state index in [2.05, 4.69) is 24.0 Å². The number of aromatic nitrogens is 1. The maximum absolute atomic E-state index is 10.3. The van der Waals surface area contributed by atoms with Crippen molar-refractivity contribution in [1.29, 1.82) is 0 Å². The highest BCUT2D eigenvalue weighted by Crippen LogP contribution is 2.11. The molecule has 0 fully saturated rings. The first-order valence-electron chi connectivity index (χ1n) is 5.20. The lowest BCUT2D eigenvalue weighted by Crippen LogP contribution is -1.91. The number of aldehydes is 1. The molecule has 1 aromatic heterocycles. The van der Waals surface area contributed by atoms with Crippen molar-refractivity contribution in [2.24, 2.45) is 0 Å². The lowest BCUT2D eigenvalue weighted by molar-refractivity contribution is -0.107. The van der Waals surface area contributed by atoms with Crippen LogP contribution in [0.25, 0.3) is 0 Å². The molecule has 1 aromatic carbocycles. The molecule has 0 atom stereocenters. The maximum Gasteiger partial charge on any atom is 0.198 e. The normalized spacial score (nSPS) is 10.3. The Morgan fingerprint density at radius 1 is 1.44 bits per heavy atom. The van der Waals surface area contributed by atoms with Crippen LogP contribution in [0.3, 0.4) is 0 Å². The third-order valence-electron chi connectivity index (χ3n) is 2.33. The minimum absolute atomic E-state index is 0.317. The summed E-state index contributed by atoms with van der Waals surface area (Å²) in [5.41, 5.74) is 3.08. The number of hydrogen-bond donors (Lipinski definition) is 0. The van der Waals surface area contributed by atoms with Gasteiger partial charge in [-0.3, -0.25) is 0 Å². The van der Waals surface area contributed by atoms with Crippen LogP contribution in [0.5, 0.6) is 0 Å². The molecule has 0 unspecified atom stereocenters. The van der Waals surface area contributed by atoms with Gasteiger partial charge in [0.2, 0.25) is 0 Å². The van der Waals surface area contributed by atoms with E-state index in [1.165, 1.54) is 11.1 Å². The fraction of sp³-hybridized carbons (Fsp3) is 0.231. The van der Waals surface area contributed by atoms with Crippen LogP contribution in [0.2, 0.25) is 0 Å². The van der Waals surface area contributed by atoms with Crippen LogP contribution in [0.4, 0.5) is 0 Å². The summed E-state index contributed by atoms with van der Waals surface area (Å²) >= 11 is 0. The van der Waals surface area contributed by atoms with Crippen molar-refractivity contribution in [3.05, 3.63) is 53.2 Å². The average Bonchev–Trinajstić information content (AvgIpc) is 2.66. The Balaban J connectivity index is 2.11. The number of nitrogens with zero attached hydrogens (tertiary/aromatic N) is 1. The average molecular weight is 215 g/mol. The quantitative estimate of drug-likeness (QED) is 0.735. The monoisotopic (exact) mass is 215 g/mol. The molecule has 82 valence electrons. The number of carbonyl (C=O) groups is 1. The first-order chi connectivity index (χ1) is 7.78. The Morgan fingerprint density at radius 3 is 3.06 bits per heavy atom. The predicted molar refractivity (Wildman–Crippen MR) is 60.3 cm³/mol. The molecule has 16 heavy (non-hydrogen) atoms. The maximum atomic E-state index is 10.3. The molecule has 0 aliphatic rings. The van der Waals surface area contributed by atoms with Gasteiger partial charge in [-0.15, -0.1) is 0 Å². The van der Waals surface area contributed by atoms with Gasteiger partial charge in [0, 0.05) is 12.8 Å². The van der Waals surface area contributed by atoms with Crippen molar-refractivity contribution in [1.82, 2.24) is 4.98 Å². The zero-order valence-corrected chi connectivity index (χ0v) is 9.14. The molecular formula is C13H13NO2. The Kier molecular flexibility index (Phi) is 3.15. The SMILES string of the molecule is Cc1cccc(Cc2nc(CC=O)co2)c1. The third kappa shape index (κ3) is 2.57. The van der Waals surface area contributed by atoms with Crippen LogP contribution in [0.15, 0.2) is 34.9 Å². The number of aryl methyl sites for hydroxylation is 1. The van der Waals surface area contributed by atoms with E-state index in [4.69, 9.17) is 4.42 Å². The van der Waals surface area contributed by atoms with Crippen molar-refractivity contribution in [2.45, 2.75) is 19.8 Å². The van der Waals surface area contributed by atoms with E-state index in [9.17, 15) is 4.79 Å². The van der Waals surface area contributed by atoms with Crippen LogP contribution in [-0.4, -0.2) is 11.3 Å². The summed E-state index contributed by atoms with van der Waals surface area (Å²) in [6.07, 6.45) is 3.35. The second-order valence-corrected chi connectivity index (χ2v) is 3.77. The van der Waals surface area contributed by atoms with Gasteiger partial charge in [0.15, 0.2) is 5.89 Å². The molecule has 0 aliphatic heterocycles. The summed E-state index contributed by atoms with van der Waals surface area (Å²) in [4.78, 5) is 14.5. The molecule has 0 aliphatic carbocycles. The summed E-state index contributed by atoms with van der Waals surface area (Å²) in [5.74, 6) is 0.655. The molecule has 0 N–H and O–H groups in total. The van der Waals surface area contributed by atoms with E-state index in [1.807, 2.05) is 12.1 Å². The summed E-state index contributed by atoms with van der Waals surface area (Å²) in [6.45, 7) is 2.05. The van der Waals surface area contributed by atoms with Crippen LogP contribution in [0, 0.1) is 6.92 Å². The Bertz CT molecular complexity index is 488. The van der Waals surface area contributed by atoms with Gasteiger partial charge in [0.25, 0.3) is 0 Å². The summed E-state index contributed by atoms with van der Waals surface area (Å²) in [6, 6.07) is 8.21. The zero-order valence-electron chi connectivity index (χ0n) is 9.14. The molecule has 2 aromatic rings. The van der Waals surface area contributed by atoms with Crippen LogP contribution < -0.4 is 0 Å². The summed E-state index contributed by atoms with van der Waals surface area (Å²) < 4.78 is 5.29. The molecule has 0 spiro atoms. The number of oxazole rings is 1. The third-order valence-corrected chi connectivity index (χ3v) is 2.33. The van der Waals surface area contributed by atoms with Gasteiger partial charge in [-0.1, -0.05) is 29.8 Å². The van der Waals surface area contributed by atoms with Gasteiger partial charge < -0.3 is 9.21 Å². The van der Waals surface area contributed by atoms with Crippen molar-refractivity contribution < 1.29 is 9.21 Å². The van der Waals surface area contributed by atoms with Crippen LogP contribution in [0.1, 0.15) is 22.7 Å². The number of hydrogen-bond acceptors (Lipinski definition) is 3. The molecule has 0 amide bonds. The van der Waals surface area contributed by atoms with E-state index < -0.39 is 0 Å². The van der Waals surface area contributed by atoms with Crippen molar-refractivity contribution in [2.75, 3.05) is 0 Å². The molecule has 0 bridgehead atoms. The van der Waals surface area contributed by atoms with Crippen molar-refractivity contribution in [3.63, 3.8) is 0 Å². The molecule has 0 radical (unpaired) electrons. The van der Waals surface area contributed by atoms with Crippen molar-refractivity contribution in [3.8, 4) is 0 Å². The Hall–Kier alpha value is -1.90. The number of carbonyl (C=O) groups excluding carboxylic acids is 1. The molecule has 2 rings (SSSR count). The highest BCUT2D eigenvalue weighted by atomic mass is 16.3. The van der Waals surface area contributed by atoms with E-state index in [1.54, 1.807) is 6.26 Å². The first kappa shape index (κ1) is 10.6. The van der Waals surface area contributed by atoms with Crippen LogP contribution >= 0.6 is 0 Å². The van der Waals surface area contributed by atoms with E-state index in [-0.39, 0.29) is 0 Å². The smallest absolute Gasteiger partial charge is 0.198 e. The van der Waals surface area contributed by atoms with Gasteiger partial charge in [-0.05, 0) is 12.5 Å². The minimum Gasteiger partial charge on any atom is -0.448 e. The van der Waals surface area contributed by atoms with Gasteiger partial charge in [-0.25, -0.2) is 4.98 Å². The Morgan fingerprint density at radius 2 is 2.31 bits per heavy atom. The summed E-state index contributed by atoms with van der Waals surface area (Å²) in [7, 11) is 0. The van der Waals surface area contributed by atoms with Crippen LogP contribution in [-0.2, 0) is 17.6 Å². The van der Waals surface area contributed by atoms with E-state index in [0.29, 0.717) is 24.4 Å². The minimum atomic E-state index is 0.317. The van der Waals surface area contributed by atoms with Crippen molar-refractivity contribution >= 4 is 6.29 Å². The largest absolute Gasteiger partial charge is 0.448 e. The molecule has 1 heterocycles. The second kappa shape index (κ2) is 4.75. The highest BCUT2D eigenvalue weighted by molar-refractivity contribution is 5.53. The van der Waals surface area contributed by atoms with E-state index in [0.717, 1.165) is 6.29 Å². The molecule has 3 heteroatoms. The summed E-state index contributed by atoms with van der Waals surface area (Å²) in [5, 5.41) is 0. The van der Waals surface area contributed by atoms with E-state index >= 15 is 0 Å². The fourth-order valence-corrected chi connectivity index (χ4v) is 1.61. The van der Waals surface area contributed by atoms with Gasteiger partial charge in [0.1, 0.15) is 12.5 Å². The first-order valence-corrected chi connectivity index (χ1v) is 5.20.